The zero-order valence-corrected chi connectivity index (χ0v) is 9.11. The van der Waals surface area contributed by atoms with E-state index in [0.717, 1.165) is 26.3 Å². The van der Waals surface area contributed by atoms with Gasteiger partial charge in [0.15, 0.2) is 0 Å². The highest BCUT2D eigenvalue weighted by molar-refractivity contribution is 5.02. The quantitative estimate of drug-likeness (QED) is 0.494. The Morgan fingerprint density at radius 1 is 1.21 bits per heavy atom. The summed E-state index contributed by atoms with van der Waals surface area (Å²) in [6.45, 7) is 6.00. The SMILES string of the molecule is CCCCC=CC=CN1CCOCC1. The van der Waals surface area contributed by atoms with Gasteiger partial charge in [-0.05, 0) is 18.7 Å². The fourth-order valence-electron chi connectivity index (χ4n) is 1.39. The van der Waals surface area contributed by atoms with Gasteiger partial charge in [-0.15, -0.1) is 0 Å². The summed E-state index contributed by atoms with van der Waals surface area (Å²) in [5.41, 5.74) is 0. The van der Waals surface area contributed by atoms with Gasteiger partial charge in [0.05, 0.1) is 13.2 Å². The van der Waals surface area contributed by atoms with Gasteiger partial charge >= 0.3 is 0 Å². The topological polar surface area (TPSA) is 12.5 Å². The lowest BCUT2D eigenvalue weighted by molar-refractivity contribution is 0.0594. The van der Waals surface area contributed by atoms with Crippen molar-refractivity contribution in [1.29, 1.82) is 0 Å². The molecule has 14 heavy (non-hydrogen) atoms. The van der Waals surface area contributed by atoms with E-state index in [0.29, 0.717) is 0 Å². The molecule has 2 heteroatoms. The first-order chi connectivity index (χ1) is 6.93. The molecule has 1 heterocycles. The fourth-order valence-corrected chi connectivity index (χ4v) is 1.39. The highest BCUT2D eigenvalue weighted by atomic mass is 16.5. The molecule has 0 aromatic rings. The summed E-state index contributed by atoms with van der Waals surface area (Å²) in [5, 5.41) is 0. The maximum absolute atomic E-state index is 5.27. The lowest BCUT2D eigenvalue weighted by Crippen LogP contribution is -2.31. The molecule has 2 nitrogen and oxygen atoms in total. The third-order valence-corrected chi connectivity index (χ3v) is 2.31. The summed E-state index contributed by atoms with van der Waals surface area (Å²) < 4.78 is 5.27. The second kappa shape index (κ2) is 7.63. The van der Waals surface area contributed by atoms with E-state index in [1.165, 1.54) is 19.3 Å². The molecule has 80 valence electrons. The van der Waals surface area contributed by atoms with E-state index in [-0.39, 0.29) is 0 Å². The standard InChI is InChI=1S/C12H21NO/c1-2-3-4-5-6-7-8-13-9-11-14-12-10-13/h5-8H,2-4,9-12H2,1H3. The largest absolute Gasteiger partial charge is 0.378 e. The number of unbranched alkanes of at least 4 members (excludes halogenated alkanes) is 2. The van der Waals surface area contributed by atoms with Gasteiger partial charge in [0.2, 0.25) is 0 Å². The highest BCUT2D eigenvalue weighted by Crippen LogP contribution is 1.98. The van der Waals surface area contributed by atoms with Crippen LogP contribution in [0.2, 0.25) is 0 Å². The Balaban J connectivity index is 2.09. The van der Waals surface area contributed by atoms with Crippen LogP contribution in [0.25, 0.3) is 0 Å². The third-order valence-electron chi connectivity index (χ3n) is 2.31. The first kappa shape index (κ1) is 11.3. The van der Waals surface area contributed by atoms with Gasteiger partial charge < -0.3 is 9.64 Å². The van der Waals surface area contributed by atoms with Crippen LogP contribution in [-0.2, 0) is 4.74 Å². The van der Waals surface area contributed by atoms with Crippen LogP contribution in [0.1, 0.15) is 26.2 Å². The number of hydrogen-bond acceptors (Lipinski definition) is 2. The van der Waals surface area contributed by atoms with Crippen molar-refractivity contribution in [3.05, 3.63) is 24.4 Å². The summed E-state index contributed by atoms with van der Waals surface area (Å²) >= 11 is 0. The molecular formula is C12H21NO. The van der Waals surface area contributed by atoms with Crippen molar-refractivity contribution in [3.63, 3.8) is 0 Å². The molecule has 0 bridgehead atoms. The van der Waals surface area contributed by atoms with Crippen molar-refractivity contribution in [2.24, 2.45) is 0 Å². The van der Waals surface area contributed by atoms with Gasteiger partial charge in [-0.1, -0.05) is 31.9 Å². The van der Waals surface area contributed by atoms with Crippen LogP contribution in [0.15, 0.2) is 24.4 Å². The van der Waals surface area contributed by atoms with Crippen LogP contribution in [0, 0.1) is 0 Å². The minimum atomic E-state index is 0.865. The molecule has 1 saturated heterocycles. The normalized spacial score (nSPS) is 18.5. The molecule has 0 spiro atoms. The summed E-state index contributed by atoms with van der Waals surface area (Å²) in [6, 6.07) is 0. The van der Waals surface area contributed by atoms with Crippen LogP contribution in [0.4, 0.5) is 0 Å². The van der Waals surface area contributed by atoms with E-state index < -0.39 is 0 Å². The van der Waals surface area contributed by atoms with Crippen molar-refractivity contribution in [2.45, 2.75) is 26.2 Å². The molecule has 0 aliphatic carbocycles. The van der Waals surface area contributed by atoms with E-state index in [4.69, 9.17) is 4.74 Å². The predicted molar refractivity (Wildman–Crippen MR) is 60.2 cm³/mol. The Kier molecular flexibility index (Phi) is 6.16. The maximum Gasteiger partial charge on any atom is 0.0642 e. The maximum atomic E-state index is 5.27. The number of nitrogens with zero attached hydrogens (tertiary/aromatic N) is 1. The Bertz CT molecular complexity index is 181. The van der Waals surface area contributed by atoms with Gasteiger partial charge in [-0.2, -0.15) is 0 Å². The minimum Gasteiger partial charge on any atom is -0.378 e. The zero-order chi connectivity index (χ0) is 10.1. The van der Waals surface area contributed by atoms with Gasteiger partial charge in [0.25, 0.3) is 0 Å². The molecule has 1 fully saturated rings. The molecule has 0 radical (unpaired) electrons. The smallest absolute Gasteiger partial charge is 0.0642 e. The van der Waals surface area contributed by atoms with E-state index in [2.05, 4.69) is 36.3 Å². The molecule has 0 atom stereocenters. The van der Waals surface area contributed by atoms with Crippen molar-refractivity contribution in [3.8, 4) is 0 Å². The molecule has 1 aliphatic heterocycles. The third kappa shape index (κ3) is 5.07. The van der Waals surface area contributed by atoms with Crippen LogP contribution >= 0.6 is 0 Å². The first-order valence-electron chi connectivity index (χ1n) is 5.58. The van der Waals surface area contributed by atoms with Crippen molar-refractivity contribution >= 4 is 0 Å². The van der Waals surface area contributed by atoms with Crippen molar-refractivity contribution in [1.82, 2.24) is 4.90 Å². The molecular weight excluding hydrogens is 174 g/mol. The Morgan fingerprint density at radius 2 is 2.00 bits per heavy atom. The molecule has 0 N–H and O–H groups in total. The van der Waals surface area contributed by atoms with E-state index >= 15 is 0 Å². The Morgan fingerprint density at radius 3 is 2.71 bits per heavy atom. The minimum absolute atomic E-state index is 0.865. The second-order valence-corrected chi connectivity index (χ2v) is 3.56. The number of rotatable bonds is 5. The van der Waals surface area contributed by atoms with Crippen LogP contribution < -0.4 is 0 Å². The fraction of sp³-hybridized carbons (Fsp3) is 0.667. The Hall–Kier alpha value is -0.760. The monoisotopic (exact) mass is 195 g/mol. The summed E-state index contributed by atoms with van der Waals surface area (Å²) in [6.07, 6.45) is 12.4. The zero-order valence-electron chi connectivity index (χ0n) is 9.11. The van der Waals surface area contributed by atoms with Gasteiger partial charge in [0.1, 0.15) is 0 Å². The molecule has 0 aromatic heterocycles. The number of hydrogen-bond donors (Lipinski definition) is 0. The average molecular weight is 195 g/mol. The van der Waals surface area contributed by atoms with E-state index in [9.17, 15) is 0 Å². The highest BCUT2D eigenvalue weighted by Gasteiger charge is 2.03. The summed E-state index contributed by atoms with van der Waals surface area (Å²) in [5.74, 6) is 0. The van der Waals surface area contributed by atoms with Gasteiger partial charge in [-0.25, -0.2) is 0 Å². The lowest BCUT2D eigenvalue weighted by atomic mass is 10.2. The average Bonchev–Trinajstić information content (AvgIpc) is 2.25. The molecule has 1 aliphatic rings. The van der Waals surface area contributed by atoms with Crippen LogP contribution in [0.3, 0.4) is 0 Å². The lowest BCUT2D eigenvalue weighted by Gasteiger charge is -2.24. The number of ether oxygens (including phenoxy) is 1. The molecule has 1 rings (SSSR count). The summed E-state index contributed by atoms with van der Waals surface area (Å²) in [4.78, 5) is 2.30. The molecule has 0 amide bonds. The van der Waals surface area contributed by atoms with E-state index in [1.807, 2.05) is 0 Å². The predicted octanol–water partition coefficient (Wildman–Crippen LogP) is 2.58. The summed E-state index contributed by atoms with van der Waals surface area (Å²) in [7, 11) is 0. The number of morpholine rings is 1. The van der Waals surface area contributed by atoms with Crippen molar-refractivity contribution in [2.75, 3.05) is 26.3 Å². The molecule has 0 saturated carbocycles. The van der Waals surface area contributed by atoms with Crippen molar-refractivity contribution < 1.29 is 4.74 Å². The Labute approximate surface area is 87.2 Å². The first-order valence-corrected chi connectivity index (χ1v) is 5.58. The van der Waals surface area contributed by atoms with E-state index in [1.54, 1.807) is 0 Å². The van der Waals surface area contributed by atoms with Gasteiger partial charge in [-0.3, -0.25) is 0 Å². The molecule has 0 unspecified atom stereocenters. The van der Waals surface area contributed by atoms with Crippen LogP contribution in [-0.4, -0.2) is 31.2 Å². The van der Waals surface area contributed by atoms with Gasteiger partial charge in [0, 0.05) is 13.1 Å². The van der Waals surface area contributed by atoms with Crippen LogP contribution in [0.5, 0.6) is 0 Å². The number of allylic oxidation sites excluding steroid dienone is 3. The molecule has 0 aromatic carbocycles. The second-order valence-electron chi connectivity index (χ2n) is 3.56.